The molecule has 0 aromatic heterocycles. The van der Waals surface area contributed by atoms with Crippen LogP contribution in [0, 0.1) is 13.8 Å². The van der Waals surface area contributed by atoms with Crippen molar-refractivity contribution in [1.29, 1.82) is 0 Å². The maximum atomic E-state index is 15.1. The Morgan fingerprint density at radius 1 is 0.804 bits per heavy atom. The highest BCUT2D eigenvalue weighted by Gasteiger charge is 2.60. The van der Waals surface area contributed by atoms with E-state index in [1.165, 1.54) is 7.11 Å². The van der Waals surface area contributed by atoms with Gasteiger partial charge in [0.05, 0.1) is 65.3 Å². The molecule has 4 aliphatic rings. The van der Waals surface area contributed by atoms with Gasteiger partial charge in [-0.3, -0.25) is 14.5 Å². The molecule has 2 unspecified atom stereocenters. The Kier molecular flexibility index (Phi) is 7.48. The first-order valence-corrected chi connectivity index (χ1v) is 15.3. The van der Waals surface area contributed by atoms with Crippen LogP contribution in [0.5, 0.6) is 34.5 Å². The van der Waals surface area contributed by atoms with Crippen molar-refractivity contribution in [1.82, 2.24) is 9.80 Å². The number of hydrogen-bond acceptors (Lipinski definition) is 10. The summed E-state index contributed by atoms with van der Waals surface area (Å²) in [6.07, 6.45) is 0.363. The Morgan fingerprint density at radius 2 is 1.48 bits per heavy atom. The fourth-order valence-corrected chi connectivity index (χ4v) is 7.99. The third kappa shape index (κ3) is 4.10. The summed E-state index contributed by atoms with van der Waals surface area (Å²) in [5.41, 5.74) is 4.94. The van der Waals surface area contributed by atoms with E-state index >= 15 is 4.79 Å². The van der Waals surface area contributed by atoms with Crippen molar-refractivity contribution < 1.29 is 42.7 Å². The van der Waals surface area contributed by atoms with Crippen LogP contribution in [0.1, 0.15) is 55.8 Å². The molecule has 11 nitrogen and oxygen atoms in total. The van der Waals surface area contributed by atoms with E-state index in [1.54, 1.807) is 26.2 Å². The van der Waals surface area contributed by atoms with Crippen LogP contribution in [-0.2, 0) is 22.6 Å². The highest BCUT2D eigenvalue weighted by molar-refractivity contribution is 6.10. The van der Waals surface area contributed by atoms with Crippen LogP contribution >= 0.6 is 0 Å². The Hall–Kier alpha value is -4.48. The number of carbonyl (C=O) groups is 2. The molecule has 4 heterocycles. The highest BCUT2D eigenvalue weighted by atomic mass is 16.7. The standard InChI is InChI=1S/C35H38N2O9/c1-17-29(40-4)20-13-21-35(39)37-22(15-44-14-19-11-9-8-10-12-19)24-25(30(41-5)18(2)32-34(24)46-16-45-32)28(38)27(37)26(36(21)3)23(20)33(43-7)31(17)42-6/h8-12,21-22,26-27H,13-16H2,1-7H3/t21-,22-,26?,27?/m0/s1. The minimum absolute atomic E-state index is 0.00353. The van der Waals surface area contributed by atoms with Gasteiger partial charge in [-0.05, 0) is 26.5 Å². The molecule has 2 bridgehead atoms. The van der Waals surface area contributed by atoms with Crippen molar-refractivity contribution >= 4 is 11.7 Å². The summed E-state index contributed by atoms with van der Waals surface area (Å²) in [6, 6.07) is 7.07. The third-order valence-electron chi connectivity index (χ3n) is 9.92. The normalized spacial score (nSPS) is 22.6. The van der Waals surface area contributed by atoms with Gasteiger partial charge in [0.1, 0.15) is 17.5 Å². The van der Waals surface area contributed by atoms with E-state index in [9.17, 15) is 4.79 Å². The Labute approximate surface area is 267 Å². The first-order valence-electron chi connectivity index (χ1n) is 15.3. The first kappa shape index (κ1) is 30.2. The lowest BCUT2D eigenvalue weighted by molar-refractivity contribution is -0.156. The summed E-state index contributed by atoms with van der Waals surface area (Å²) in [6.45, 7) is 4.19. The summed E-state index contributed by atoms with van der Waals surface area (Å²) in [5.74, 6) is 2.58. The van der Waals surface area contributed by atoms with Gasteiger partial charge in [-0.25, -0.2) is 0 Å². The number of likely N-dealkylation sites (N-methyl/N-ethyl adjacent to an activating group) is 1. The van der Waals surface area contributed by atoms with Crippen LogP contribution < -0.4 is 28.4 Å². The van der Waals surface area contributed by atoms with Gasteiger partial charge in [0.15, 0.2) is 28.8 Å². The largest absolute Gasteiger partial charge is 0.496 e. The van der Waals surface area contributed by atoms with E-state index < -0.39 is 24.2 Å². The fraction of sp³-hybridized carbons (Fsp3) is 0.429. The molecule has 1 saturated heterocycles. The van der Waals surface area contributed by atoms with Gasteiger partial charge in [0, 0.05) is 34.2 Å². The van der Waals surface area contributed by atoms with Crippen molar-refractivity contribution in [2.24, 2.45) is 0 Å². The lowest BCUT2D eigenvalue weighted by Gasteiger charge is -2.56. The van der Waals surface area contributed by atoms with Crippen molar-refractivity contribution in [2.75, 3.05) is 48.9 Å². The van der Waals surface area contributed by atoms with Crippen molar-refractivity contribution in [2.45, 2.75) is 51.0 Å². The minimum atomic E-state index is -0.940. The lowest BCUT2D eigenvalue weighted by atomic mass is 9.72. The number of fused-ring (bicyclic) bond motifs is 9. The zero-order valence-corrected chi connectivity index (χ0v) is 27.1. The SMILES string of the molecule is COc1c(C)c(OC)c(OC)c2c1C[C@H]1C(=O)N3C(C(=O)c4c(OC)c(C)c5c(c4[C@@H]3COCc3ccccc3)OCO5)C2N1C. The van der Waals surface area contributed by atoms with Gasteiger partial charge in [0.2, 0.25) is 12.7 Å². The van der Waals surface area contributed by atoms with Crippen LogP contribution in [0.2, 0.25) is 0 Å². The van der Waals surface area contributed by atoms with E-state index in [0.717, 1.165) is 22.3 Å². The number of hydrogen-bond donors (Lipinski definition) is 0. The quantitative estimate of drug-likeness (QED) is 0.357. The molecule has 11 heteroatoms. The molecule has 0 radical (unpaired) electrons. The second kappa shape index (κ2) is 11.4. The maximum Gasteiger partial charge on any atom is 0.241 e. The first-order chi connectivity index (χ1) is 22.3. The lowest BCUT2D eigenvalue weighted by Crippen LogP contribution is -2.68. The average Bonchev–Trinajstić information content (AvgIpc) is 3.55. The van der Waals surface area contributed by atoms with Crippen LogP contribution in [-0.4, -0.2) is 82.5 Å². The molecule has 3 aromatic rings. The number of benzene rings is 3. The number of carbonyl (C=O) groups excluding carboxylic acids is 2. The molecule has 0 saturated carbocycles. The van der Waals surface area contributed by atoms with Crippen LogP contribution in [0.4, 0.5) is 0 Å². The average molecular weight is 631 g/mol. The zero-order valence-electron chi connectivity index (χ0n) is 27.1. The van der Waals surface area contributed by atoms with Crippen molar-refractivity contribution in [3.05, 3.63) is 69.3 Å². The molecule has 7 rings (SSSR count). The third-order valence-corrected chi connectivity index (χ3v) is 9.92. The molecule has 4 atom stereocenters. The van der Waals surface area contributed by atoms with Gasteiger partial charge in [-0.1, -0.05) is 30.3 Å². The number of piperazine rings is 1. The summed E-state index contributed by atoms with van der Waals surface area (Å²) in [7, 11) is 8.21. The zero-order chi connectivity index (χ0) is 32.4. The van der Waals surface area contributed by atoms with Crippen LogP contribution in [0.3, 0.4) is 0 Å². The molecule has 4 aliphatic heterocycles. The highest BCUT2D eigenvalue weighted by Crippen LogP contribution is 2.59. The Balaban J connectivity index is 1.46. The van der Waals surface area contributed by atoms with E-state index in [2.05, 4.69) is 0 Å². The van der Waals surface area contributed by atoms with Crippen molar-refractivity contribution in [3.63, 3.8) is 0 Å². The van der Waals surface area contributed by atoms with Crippen molar-refractivity contribution in [3.8, 4) is 34.5 Å². The summed E-state index contributed by atoms with van der Waals surface area (Å²) < 4.78 is 42.0. The van der Waals surface area contributed by atoms with Gasteiger partial charge < -0.3 is 38.1 Å². The predicted octanol–water partition coefficient (Wildman–Crippen LogP) is 4.33. The number of Topliss-reactive ketones (excluding diaryl/α,β-unsaturated/α-hetero) is 1. The smallest absolute Gasteiger partial charge is 0.241 e. The van der Waals surface area contributed by atoms with Gasteiger partial charge >= 0.3 is 0 Å². The maximum absolute atomic E-state index is 15.1. The van der Waals surface area contributed by atoms with Gasteiger partial charge in [-0.15, -0.1) is 0 Å². The second-order valence-electron chi connectivity index (χ2n) is 12.0. The number of methoxy groups -OCH3 is 4. The Bertz CT molecular complexity index is 1740. The van der Waals surface area contributed by atoms with E-state index in [1.807, 2.05) is 56.1 Å². The van der Waals surface area contributed by atoms with Gasteiger partial charge in [0.25, 0.3) is 0 Å². The minimum Gasteiger partial charge on any atom is -0.496 e. The summed E-state index contributed by atoms with van der Waals surface area (Å²) in [4.78, 5) is 33.5. The predicted molar refractivity (Wildman–Crippen MR) is 166 cm³/mol. The molecule has 0 spiro atoms. The summed E-state index contributed by atoms with van der Waals surface area (Å²) >= 11 is 0. The molecule has 1 amide bonds. The molecule has 0 aliphatic carbocycles. The Morgan fingerprint density at radius 3 is 2.15 bits per heavy atom. The van der Waals surface area contributed by atoms with Gasteiger partial charge in [-0.2, -0.15) is 0 Å². The number of ether oxygens (including phenoxy) is 7. The molecule has 46 heavy (non-hydrogen) atoms. The number of amides is 1. The molecule has 3 aromatic carbocycles. The number of nitrogens with zero attached hydrogens (tertiary/aromatic N) is 2. The van der Waals surface area contributed by atoms with Crippen LogP contribution in [0.15, 0.2) is 30.3 Å². The molecular formula is C35H38N2O9. The molecule has 1 fully saturated rings. The fourth-order valence-electron chi connectivity index (χ4n) is 7.99. The van der Waals surface area contributed by atoms with E-state index in [0.29, 0.717) is 64.2 Å². The monoisotopic (exact) mass is 630 g/mol. The molecular weight excluding hydrogens is 592 g/mol. The topological polar surface area (TPSA) is 105 Å². The van der Waals surface area contributed by atoms with E-state index in [4.69, 9.17) is 33.2 Å². The van der Waals surface area contributed by atoms with E-state index in [-0.39, 0.29) is 25.1 Å². The van der Waals surface area contributed by atoms with Crippen LogP contribution in [0.25, 0.3) is 0 Å². The second-order valence-corrected chi connectivity index (χ2v) is 12.0. The number of rotatable bonds is 8. The number of ketones is 1. The summed E-state index contributed by atoms with van der Waals surface area (Å²) in [5, 5.41) is 0. The molecule has 242 valence electrons. The molecule has 0 N–H and O–H groups in total.